The van der Waals surface area contributed by atoms with E-state index in [9.17, 15) is 27.7 Å². The highest BCUT2D eigenvalue weighted by Gasteiger charge is 2.37. The first-order chi connectivity index (χ1) is 9.69. The summed E-state index contributed by atoms with van der Waals surface area (Å²) in [7, 11) is -3.78. The fourth-order valence-corrected chi connectivity index (χ4v) is 3.24. The highest BCUT2D eigenvalue weighted by atomic mass is 32.2. The Morgan fingerprint density at radius 1 is 1.48 bits per heavy atom. The van der Waals surface area contributed by atoms with Crippen LogP contribution in [-0.4, -0.2) is 31.5 Å². The van der Waals surface area contributed by atoms with Crippen LogP contribution in [0.15, 0.2) is 18.2 Å². The number of carbonyl (C=O) groups excluding carboxylic acids is 1. The average Bonchev–Trinajstić information content (AvgIpc) is 2.66. The van der Waals surface area contributed by atoms with Gasteiger partial charge in [0.2, 0.25) is 15.9 Å². The zero-order chi connectivity index (χ0) is 15.8. The molecule has 1 heterocycles. The third kappa shape index (κ3) is 3.34. The first-order valence-corrected chi connectivity index (χ1v) is 7.64. The van der Waals surface area contributed by atoms with Gasteiger partial charge in [-0.05, 0) is 6.07 Å². The van der Waals surface area contributed by atoms with Crippen LogP contribution < -0.4 is 10.0 Å². The summed E-state index contributed by atoms with van der Waals surface area (Å²) in [5.74, 6) is -2.53. The second-order valence-electron chi connectivity index (χ2n) is 4.77. The van der Waals surface area contributed by atoms with Gasteiger partial charge in [-0.2, -0.15) is 0 Å². The van der Waals surface area contributed by atoms with E-state index >= 15 is 0 Å². The molecule has 1 unspecified atom stereocenters. The van der Waals surface area contributed by atoms with Crippen molar-refractivity contribution in [2.75, 3.05) is 17.2 Å². The largest absolute Gasteiger partial charge is 0.304 e. The molecule has 10 heteroatoms. The van der Waals surface area contributed by atoms with Crippen molar-refractivity contribution in [1.82, 2.24) is 0 Å². The van der Waals surface area contributed by atoms with Crippen molar-refractivity contribution in [2.45, 2.75) is 6.42 Å². The minimum Gasteiger partial charge on any atom is -0.304 e. The van der Waals surface area contributed by atoms with E-state index < -0.39 is 49.7 Å². The lowest BCUT2D eigenvalue weighted by Gasteiger charge is -2.17. The minimum atomic E-state index is -3.78. The molecular formula is C11H12FN3O5S. The summed E-state index contributed by atoms with van der Waals surface area (Å²) in [5.41, 5.74) is -0.982. The van der Waals surface area contributed by atoms with Crippen LogP contribution in [0, 0.1) is 21.8 Å². The number of rotatable bonds is 4. The number of anilines is 1. The Morgan fingerprint density at radius 3 is 2.71 bits per heavy atom. The molecular weight excluding hydrogens is 305 g/mol. The van der Waals surface area contributed by atoms with Gasteiger partial charge in [-0.25, -0.2) is 17.9 Å². The summed E-state index contributed by atoms with van der Waals surface area (Å²) >= 11 is 0. The smallest absolute Gasteiger partial charge is 0.296 e. The van der Waals surface area contributed by atoms with Crippen LogP contribution in [0.1, 0.15) is 6.42 Å². The van der Waals surface area contributed by atoms with E-state index in [1.807, 2.05) is 0 Å². The van der Waals surface area contributed by atoms with Gasteiger partial charge in [0.15, 0.2) is 11.5 Å². The maximum atomic E-state index is 13.9. The van der Waals surface area contributed by atoms with Crippen LogP contribution >= 0.6 is 0 Å². The van der Waals surface area contributed by atoms with E-state index in [1.54, 1.807) is 0 Å². The Morgan fingerprint density at radius 2 is 2.14 bits per heavy atom. The Labute approximate surface area is 119 Å². The number of primary sulfonamides is 1. The molecule has 0 aliphatic carbocycles. The molecule has 8 nitrogen and oxygen atoms in total. The average molecular weight is 317 g/mol. The topological polar surface area (TPSA) is 124 Å². The molecule has 1 atom stereocenters. The van der Waals surface area contributed by atoms with E-state index in [0.29, 0.717) is 0 Å². The fraction of sp³-hybridized carbons (Fsp3) is 0.364. The molecule has 2 rings (SSSR count). The molecule has 0 saturated carbocycles. The summed E-state index contributed by atoms with van der Waals surface area (Å²) < 4.78 is 35.9. The van der Waals surface area contributed by atoms with E-state index in [4.69, 9.17) is 5.14 Å². The lowest BCUT2D eigenvalue weighted by atomic mass is 10.1. The summed E-state index contributed by atoms with van der Waals surface area (Å²) in [6, 6.07) is 3.25. The van der Waals surface area contributed by atoms with E-state index in [0.717, 1.165) is 17.0 Å². The summed E-state index contributed by atoms with van der Waals surface area (Å²) in [6.45, 7) is -0.128. The molecule has 2 N–H and O–H groups in total. The standard InChI is InChI=1S/C11H12FN3O5S/c12-8-2-1-3-9(15(17)18)11(8)14-5-7(4-10(14)16)6-21(13,19)20/h1-3,7H,4-6H2,(H2,13,19,20). The van der Waals surface area contributed by atoms with E-state index in [2.05, 4.69) is 0 Å². The normalized spacial score (nSPS) is 19.0. The first kappa shape index (κ1) is 15.3. The van der Waals surface area contributed by atoms with Crippen LogP contribution in [0.2, 0.25) is 0 Å². The van der Waals surface area contributed by atoms with Crippen LogP contribution in [0.5, 0.6) is 0 Å². The van der Waals surface area contributed by atoms with Gasteiger partial charge in [-0.1, -0.05) is 6.07 Å². The Hall–Kier alpha value is -2.07. The monoisotopic (exact) mass is 317 g/mol. The number of amides is 1. The van der Waals surface area contributed by atoms with Gasteiger partial charge in [0, 0.05) is 24.9 Å². The van der Waals surface area contributed by atoms with Gasteiger partial charge in [-0.3, -0.25) is 14.9 Å². The van der Waals surface area contributed by atoms with Crippen molar-refractivity contribution in [3.8, 4) is 0 Å². The molecule has 1 aromatic carbocycles. The number of sulfonamides is 1. The van der Waals surface area contributed by atoms with Gasteiger partial charge < -0.3 is 4.90 Å². The van der Waals surface area contributed by atoms with Crippen molar-refractivity contribution in [1.29, 1.82) is 0 Å². The molecule has 1 aromatic rings. The SMILES string of the molecule is NS(=O)(=O)CC1CC(=O)N(c2c(F)cccc2[N+](=O)[O-])C1. The Kier molecular flexibility index (Phi) is 3.92. The fourth-order valence-electron chi connectivity index (χ4n) is 2.36. The molecule has 1 aliphatic rings. The number of nitrogens with two attached hydrogens (primary N) is 1. The summed E-state index contributed by atoms with van der Waals surface area (Å²) in [5, 5.41) is 15.8. The molecule has 0 aromatic heterocycles. The molecule has 114 valence electrons. The third-order valence-corrected chi connectivity index (χ3v) is 4.04. The predicted molar refractivity (Wildman–Crippen MR) is 71.5 cm³/mol. The number of benzene rings is 1. The highest BCUT2D eigenvalue weighted by molar-refractivity contribution is 7.89. The van der Waals surface area contributed by atoms with Crippen LogP contribution in [0.4, 0.5) is 15.8 Å². The van der Waals surface area contributed by atoms with Gasteiger partial charge in [0.25, 0.3) is 5.69 Å². The molecule has 1 saturated heterocycles. The molecule has 1 aliphatic heterocycles. The zero-order valence-corrected chi connectivity index (χ0v) is 11.5. The number of nitro benzene ring substituents is 1. The van der Waals surface area contributed by atoms with Gasteiger partial charge in [0.05, 0.1) is 10.7 Å². The Bertz CT molecular complexity index is 706. The van der Waals surface area contributed by atoms with Crippen molar-refractivity contribution < 1.29 is 22.5 Å². The number of nitrogens with zero attached hydrogens (tertiary/aromatic N) is 2. The van der Waals surface area contributed by atoms with Gasteiger partial charge >= 0.3 is 0 Å². The van der Waals surface area contributed by atoms with E-state index in [-0.39, 0.29) is 13.0 Å². The van der Waals surface area contributed by atoms with Crippen LogP contribution in [0.3, 0.4) is 0 Å². The lowest BCUT2D eigenvalue weighted by molar-refractivity contribution is -0.384. The number of carbonyl (C=O) groups is 1. The second kappa shape index (κ2) is 5.37. The van der Waals surface area contributed by atoms with Gasteiger partial charge in [0.1, 0.15) is 0 Å². The summed E-state index contributed by atoms with van der Waals surface area (Å²) in [6.07, 6.45) is -0.151. The summed E-state index contributed by atoms with van der Waals surface area (Å²) in [4.78, 5) is 22.9. The molecule has 0 spiro atoms. The van der Waals surface area contributed by atoms with Crippen LogP contribution in [-0.2, 0) is 14.8 Å². The van der Waals surface area contributed by atoms with Crippen LogP contribution in [0.25, 0.3) is 0 Å². The highest BCUT2D eigenvalue weighted by Crippen LogP contribution is 2.35. The number of nitro groups is 1. The maximum absolute atomic E-state index is 13.9. The molecule has 0 radical (unpaired) electrons. The minimum absolute atomic E-state index is 0.128. The number of halogens is 1. The van der Waals surface area contributed by atoms with E-state index in [1.165, 1.54) is 6.07 Å². The molecule has 21 heavy (non-hydrogen) atoms. The predicted octanol–water partition coefficient (Wildman–Crippen LogP) is 0.375. The van der Waals surface area contributed by atoms with Crippen molar-refractivity contribution in [3.63, 3.8) is 0 Å². The number of para-hydroxylation sites is 1. The third-order valence-electron chi connectivity index (χ3n) is 3.11. The Balaban J connectivity index is 2.36. The number of hydrogen-bond acceptors (Lipinski definition) is 5. The van der Waals surface area contributed by atoms with Crippen molar-refractivity contribution in [2.24, 2.45) is 11.1 Å². The molecule has 1 fully saturated rings. The maximum Gasteiger partial charge on any atom is 0.296 e. The molecule has 0 bridgehead atoms. The quantitative estimate of drug-likeness (QED) is 0.635. The first-order valence-electron chi connectivity index (χ1n) is 5.93. The van der Waals surface area contributed by atoms with Crippen molar-refractivity contribution in [3.05, 3.63) is 34.1 Å². The zero-order valence-electron chi connectivity index (χ0n) is 10.7. The molecule has 1 amide bonds. The van der Waals surface area contributed by atoms with Gasteiger partial charge in [-0.15, -0.1) is 0 Å². The van der Waals surface area contributed by atoms with Crippen molar-refractivity contribution >= 4 is 27.3 Å². The number of hydrogen-bond donors (Lipinski definition) is 1. The lowest BCUT2D eigenvalue weighted by Crippen LogP contribution is -2.28. The second-order valence-corrected chi connectivity index (χ2v) is 6.43.